The van der Waals surface area contributed by atoms with Crippen molar-refractivity contribution in [2.75, 3.05) is 11.9 Å². The van der Waals surface area contributed by atoms with E-state index in [1.165, 1.54) is 0 Å². The second-order valence-electron chi connectivity index (χ2n) is 5.33. The normalized spacial score (nSPS) is 11.2. The van der Waals surface area contributed by atoms with Gasteiger partial charge in [0.1, 0.15) is 5.56 Å². The summed E-state index contributed by atoms with van der Waals surface area (Å²) in [7, 11) is 0. The molecule has 0 saturated carbocycles. The third-order valence-corrected chi connectivity index (χ3v) is 2.32. The van der Waals surface area contributed by atoms with Crippen LogP contribution in [0.4, 0.5) is 15.8 Å². The fourth-order valence-corrected chi connectivity index (χ4v) is 1.38. The van der Waals surface area contributed by atoms with E-state index in [-0.39, 0.29) is 11.1 Å². The Labute approximate surface area is 109 Å². The molecule has 0 unspecified atom stereocenters. The molecule has 0 saturated heterocycles. The van der Waals surface area contributed by atoms with Crippen LogP contribution in [0.25, 0.3) is 0 Å². The minimum atomic E-state index is -1.47. The Hall–Kier alpha value is -2.18. The Morgan fingerprint density at radius 1 is 1.47 bits per heavy atom. The number of nitrogens with zero attached hydrogens (tertiary/aromatic N) is 1. The number of carbonyl (C=O) groups is 1. The van der Waals surface area contributed by atoms with Gasteiger partial charge in [0.25, 0.3) is 5.69 Å². The molecule has 0 bridgehead atoms. The molecule has 2 N–H and O–H groups in total. The van der Waals surface area contributed by atoms with Crippen LogP contribution < -0.4 is 5.32 Å². The van der Waals surface area contributed by atoms with E-state index < -0.39 is 28.0 Å². The molecule has 0 fully saturated rings. The minimum absolute atomic E-state index is 0.0575. The highest BCUT2D eigenvalue weighted by Gasteiger charge is 2.23. The van der Waals surface area contributed by atoms with Crippen molar-refractivity contribution in [1.82, 2.24) is 0 Å². The zero-order chi connectivity index (χ0) is 14.8. The van der Waals surface area contributed by atoms with Crippen molar-refractivity contribution in [2.24, 2.45) is 5.41 Å². The maximum Gasteiger partial charge on any atom is 0.342 e. The number of carboxylic acids is 1. The standard InChI is InChI=1S/C12H15FN2O4/c1-12(2,3)6-14-9-4-7(11(16)17)10(15(18)19)5-8(9)13/h4-5,14H,6H2,1-3H3,(H,16,17). The van der Waals surface area contributed by atoms with E-state index in [1.807, 2.05) is 20.8 Å². The molecule has 1 aromatic carbocycles. The van der Waals surface area contributed by atoms with Crippen LogP contribution in [0.1, 0.15) is 31.1 Å². The van der Waals surface area contributed by atoms with Gasteiger partial charge in [-0.05, 0) is 11.5 Å². The number of nitro groups is 1. The first-order valence-corrected chi connectivity index (χ1v) is 5.57. The predicted molar refractivity (Wildman–Crippen MR) is 68.0 cm³/mol. The Balaban J connectivity index is 3.18. The molecular weight excluding hydrogens is 255 g/mol. The second-order valence-corrected chi connectivity index (χ2v) is 5.33. The van der Waals surface area contributed by atoms with Crippen molar-refractivity contribution in [3.8, 4) is 0 Å². The third-order valence-electron chi connectivity index (χ3n) is 2.32. The lowest BCUT2D eigenvalue weighted by Gasteiger charge is -2.20. The zero-order valence-corrected chi connectivity index (χ0v) is 10.9. The van der Waals surface area contributed by atoms with E-state index in [9.17, 15) is 19.3 Å². The molecule has 104 valence electrons. The summed E-state index contributed by atoms with van der Waals surface area (Å²) in [5.74, 6) is -2.31. The van der Waals surface area contributed by atoms with Gasteiger partial charge in [0.2, 0.25) is 0 Å². The minimum Gasteiger partial charge on any atom is -0.477 e. The number of nitrogens with one attached hydrogen (secondary N) is 1. The summed E-state index contributed by atoms with van der Waals surface area (Å²) in [6.07, 6.45) is 0. The highest BCUT2D eigenvalue weighted by molar-refractivity contribution is 5.93. The van der Waals surface area contributed by atoms with Gasteiger partial charge in [0.15, 0.2) is 5.82 Å². The lowest BCUT2D eigenvalue weighted by atomic mass is 9.97. The molecule has 0 heterocycles. The summed E-state index contributed by atoms with van der Waals surface area (Å²) >= 11 is 0. The summed E-state index contributed by atoms with van der Waals surface area (Å²) in [5, 5.41) is 22.3. The highest BCUT2D eigenvalue weighted by Crippen LogP contribution is 2.27. The Kier molecular flexibility index (Phi) is 4.08. The van der Waals surface area contributed by atoms with Gasteiger partial charge in [0, 0.05) is 6.54 Å². The molecule has 1 rings (SSSR count). The SMILES string of the molecule is CC(C)(C)CNc1cc(C(=O)O)c([N+](=O)[O-])cc1F. The van der Waals surface area contributed by atoms with E-state index in [4.69, 9.17) is 5.11 Å². The highest BCUT2D eigenvalue weighted by atomic mass is 19.1. The number of aromatic carboxylic acids is 1. The Bertz CT molecular complexity index is 523. The molecule has 7 heteroatoms. The third kappa shape index (κ3) is 3.90. The van der Waals surface area contributed by atoms with Crippen molar-refractivity contribution in [2.45, 2.75) is 20.8 Å². The summed E-state index contributed by atoms with van der Waals surface area (Å²) in [6, 6.07) is 1.57. The van der Waals surface area contributed by atoms with Crippen LogP contribution in [0.2, 0.25) is 0 Å². The van der Waals surface area contributed by atoms with Crippen LogP contribution in [0, 0.1) is 21.3 Å². The number of carboxylic acid groups (broad SMARTS) is 1. The van der Waals surface area contributed by atoms with E-state index in [1.54, 1.807) is 0 Å². The van der Waals surface area contributed by atoms with Crippen LogP contribution in [0.5, 0.6) is 0 Å². The lowest BCUT2D eigenvalue weighted by Crippen LogP contribution is -2.20. The molecule has 1 aromatic rings. The van der Waals surface area contributed by atoms with Gasteiger partial charge in [-0.15, -0.1) is 0 Å². The molecule has 0 atom stereocenters. The number of nitro benzene ring substituents is 1. The fraction of sp³-hybridized carbons (Fsp3) is 0.417. The van der Waals surface area contributed by atoms with Crippen molar-refractivity contribution in [3.63, 3.8) is 0 Å². The molecule has 19 heavy (non-hydrogen) atoms. The molecule has 0 spiro atoms. The molecular formula is C12H15FN2O4. The van der Waals surface area contributed by atoms with Gasteiger partial charge in [-0.3, -0.25) is 10.1 Å². The van der Waals surface area contributed by atoms with Crippen LogP contribution in [0.3, 0.4) is 0 Å². The van der Waals surface area contributed by atoms with Crippen LogP contribution >= 0.6 is 0 Å². The second kappa shape index (κ2) is 5.21. The number of rotatable bonds is 4. The average molecular weight is 270 g/mol. The predicted octanol–water partition coefficient (Wildman–Crippen LogP) is 2.89. The number of halogens is 1. The monoisotopic (exact) mass is 270 g/mol. The summed E-state index contributed by atoms with van der Waals surface area (Å²) in [6.45, 7) is 6.16. The van der Waals surface area contributed by atoms with Crippen LogP contribution in [0.15, 0.2) is 12.1 Å². The van der Waals surface area contributed by atoms with Gasteiger partial charge in [-0.1, -0.05) is 20.8 Å². The average Bonchev–Trinajstić information content (AvgIpc) is 2.25. The first-order chi connectivity index (χ1) is 8.61. The van der Waals surface area contributed by atoms with Gasteiger partial charge in [-0.25, -0.2) is 9.18 Å². The molecule has 0 aliphatic carbocycles. The number of hydrogen-bond acceptors (Lipinski definition) is 4. The first-order valence-electron chi connectivity index (χ1n) is 5.57. The largest absolute Gasteiger partial charge is 0.477 e. The summed E-state index contributed by atoms with van der Waals surface area (Å²) in [5.41, 5.74) is -1.50. The van der Waals surface area contributed by atoms with Crippen molar-refractivity contribution in [3.05, 3.63) is 33.6 Å². The smallest absolute Gasteiger partial charge is 0.342 e. The van der Waals surface area contributed by atoms with E-state index in [0.717, 1.165) is 6.07 Å². The van der Waals surface area contributed by atoms with E-state index >= 15 is 0 Å². The van der Waals surface area contributed by atoms with E-state index in [2.05, 4.69) is 5.32 Å². The number of anilines is 1. The number of benzene rings is 1. The van der Waals surface area contributed by atoms with Gasteiger partial charge >= 0.3 is 5.97 Å². The molecule has 0 aliphatic rings. The topological polar surface area (TPSA) is 92.5 Å². The molecule has 0 amide bonds. The lowest BCUT2D eigenvalue weighted by molar-refractivity contribution is -0.385. The quantitative estimate of drug-likeness (QED) is 0.648. The molecule has 0 aromatic heterocycles. The molecule has 0 aliphatic heterocycles. The van der Waals surface area contributed by atoms with Crippen molar-refractivity contribution in [1.29, 1.82) is 0 Å². The van der Waals surface area contributed by atoms with Crippen LogP contribution in [-0.4, -0.2) is 22.5 Å². The Morgan fingerprint density at radius 2 is 2.05 bits per heavy atom. The van der Waals surface area contributed by atoms with Crippen molar-refractivity contribution >= 4 is 17.3 Å². The fourth-order valence-electron chi connectivity index (χ4n) is 1.38. The maximum atomic E-state index is 13.7. The van der Waals surface area contributed by atoms with Crippen molar-refractivity contribution < 1.29 is 19.2 Å². The van der Waals surface area contributed by atoms with E-state index in [0.29, 0.717) is 12.6 Å². The van der Waals surface area contributed by atoms with Gasteiger partial charge in [0.05, 0.1) is 16.7 Å². The first kappa shape index (κ1) is 14.9. The van der Waals surface area contributed by atoms with Gasteiger partial charge in [-0.2, -0.15) is 0 Å². The zero-order valence-electron chi connectivity index (χ0n) is 10.9. The number of hydrogen-bond donors (Lipinski definition) is 2. The molecule has 6 nitrogen and oxygen atoms in total. The Morgan fingerprint density at radius 3 is 2.47 bits per heavy atom. The summed E-state index contributed by atoms with van der Waals surface area (Å²) in [4.78, 5) is 20.7. The van der Waals surface area contributed by atoms with Gasteiger partial charge < -0.3 is 10.4 Å². The maximum absolute atomic E-state index is 13.7. The molecule has 0 radical (unpaired) electrons. The van der Waals surface area contributed by atoms with Crippen LogP contribution in [-0.2, 0) is 0 Å². The summed E-state index contributed by atoms with van der Waals surface area (Å²) < 4.78 is 13.7.